The van der Waals surface area contributed by atoms with E-state index in [1.54, 1.807) is 0 Å². The number of ether oxygens (including phenoxy) is 2. The Morgan fingerprint density at radius 2 is 1.90 bits per heavy atom. The van der Waals surface area contributed by atoms with Crippen LogP contribution >= 0.6 is 11.8 Å². The molecule has 0 amide bonds. The van der Waals surface area contributed by atoms with Crippen molar-refractivity contribution in [1.29, 1.82) is 0 Å². The lowest BCUT2D eigenvalue weighted by molar-refractivity contribution is -0.183. The zero-order valence-electron chi connectivity index (χ0n) is 12.4. The molecule has 1 aliphatic carbocycles. The Hall–Kier alpha value is -0.510. The zero-order valence-corrected chi connectivity index (χ0v) is 13.2. The maximum absolute atomic E-state index is 5.98. The second-order valence-electron chi connectivity index (χ2n) is 6.48. The number of rotatable bonds is 4. The molecule has 1 spiro atoms. The largest absolute Gasteiger partial charge is 0.347 e. The minimum absolute atomic E-state index is 0.207. The third-order valence-electron chi connectivity index (χ3n) is 4.35. The quantitative estimate of drug-likeness (QED) is 0.762. The SMILES string of the molecule is CC(C)(CC1CCCC12OCCO2)Sc1ccccc1. The summed E-state index contributed by atoms with van der Waals surface area (Å²) in [7, 11) is 0. The van der Waals surface area contributed by atoms with Gasteiger partial charge in [0.1, 0.15) is 0 Å². The first kappa shape index (κ1) is 14.4. The molecule has 0 N–H and O–H groups in total. The van der Waals surface area contributed by atoms with Crippen LogP contribution in [0.5, 0.6) is 0 Å². The van der Waals surface area contributed by atoms with Gasteiger partial charge in [0.05, 0.1) is 13.2 Å². The first-order valence-electron chi connectivity index (χ1n) is 7.62. The summed E-state index contributed by atoms with van der Waals surface area (Å²) in [5.74, 6) is 0.283. The van der Waals surface area contributed by atoms with Gasteiger partial charge in [0.25, 0.3) is 0 Å². The highest BCUT2D eigenvalue weighted by Gasteiger charge is 2.49. The summed E-state index contributed by atoms with van der Waals surface area (Å²) in [6.07, 6.45) is 4.69. The molecule has 1 unspecified atom stereocenters. The van der Waals surface area contributed by atoms with Crippen LogP contribution in [-0.4, -0.2) is 23.7 Å². The highest BCUT2D eigenvalue weighted by Crippen LogP contribution is 2.48. The van der Waals surface area contributed by atoms with E-state index in [9.17, 15) is 0 Å². The van der Waals surface area contributed by atoms with Gasteiger partial charge in [-0.05, 0) is 31.4 Å². The fourth-order valence-electron chi connectivity index (χ4n) is 3.57. The van der Waals surface area contributed by atoms with Gasteiger partial charge in [0.2, 0.25) is 0 Å². The summed E-state index contributed by atoms with van der Waals surface area (Å²) in [6.45, 7) is 6.21. The van der Waals surface area contributed by atoms with E-state index >= 15 is 0 Å². The Bertz CT molecular complexity index is 432. The monoisotopic (exact) mass is 292 g/mol. The maximum Gasteiger partial charge on any atom is 0.171 e. The van der Waals surface area contributed by atoms with Crippen LogP contribution in [-0.2, 0) is 9.47 Å². The van der Waals surface area contributed by atoms with E-state index in [2.05, 4.69) is 44.2 Å². The topological polar surface area (TPSA) is 18.5 Å². The van der Waals surface area contributed by atoms with Crippen molar-refractivity contribution in [1.82, 2.24) is 0 Å². The van der Waals surface area contributed by atoms with Crippen LogP contribution in [0.4, 0.5) is 0 Å². The normalized spacial score (nSPS) is 25.4. The van der Waals surface area contributed by atoms with Crippen LogP contribution in [0.1, 0.15) is 39.5 Å². The average Bonchev–Trinajstić information content (AvgIpc) is 3.02. The molecular formula is C17H24O2S. The van der Waals surface area contributed by atoms with Gasteiger partial charge in [-0.3, -0.25) is 0 Å². The van der Waals surface area contributed by atoms with Crippen molar-refractivity contribution >= 4 is 11.8 Å². The Kier molecular flexibility index (Phi) is 4.11. The molecule has 0 radical (unpaired) electrons. The molecule has 110 valence electrons. The molecule has 1 aromatic rings. The van der Waals surface area contributed by atoms with Crippen molar-refractivity contribution < 1.29 is 9.47 Å². The molecule has 20 heavy (non-hydrogen) atoms. The predicted molar refractivity (Wildman–Crippen MR) is 83.0 cm³/mol. The van der Waals surface area contributed by atoms with Crippen LogP contribution in [0, 0.1) is 5.92 Å². The van der Waals surface area contributed by atoms with E-state index in [0.29, 0.717) is 5.92 Å². The Morgan fingerprint density at radius 3 is 2.60 bits per heavy atom. The highest BCUT2D eigenvalue weighted by molar-refractivity contribution is 8.00. The second kappa shape index (κ2) is 5.70. The molecule has 1 heterocycles. The van der Waals surface area contributed by atoms with E-state index in [1.807, 2.05) is 11.8 Å². The molecule has 3 heteroatoms. The molecule has 1 saturated carbocycles. The molecule has 1 aliphatic heterocycles. The molecule has 0 aromatic heterocycles. The first-order chi connectivity index (χ1) is 9.60. The highest BCUT2D eigenvalue weighted by atomic mass is 32.2. The van der Waals surface area contributed by atoms with Crippen molar-refractivity contribution in [3.8, 4) is 0 Å². The number of hydrogen-bond donors (Lipinski definition) is 0. The van der Waals surface area contributed by atoms with E-state index < -0.39 is 0 Å². The van der Waals surface area contributed by atoms with Crippen LogP contribution in [0.25, 0.3) is 0 Å². The lowest BCUT2D eigenvalue weighted by atomic mass is 9.91. The fraction of sp³-hybridized carbons (Fsp3) is 0.647. The van der Waals surface area contributed by atoms with Crippen molar-refractivity contribution in [2.45, 2.75) is 55.0 Å². The standard InChI is InChI=1S/C17H24O2S/c1-16(2,20-15-8-4-3-5-9-15)13-14-7-6-10-17(14)18-11-12-19-17/h3-5,8-9,14H,6-7,10-13H2,1-2H3. The zero-order chi connectivity index (χ0) is 14.1. The first-order valence-corrected chi connectivity index (χ1v) is 8.43. The van der Waals surface area contributed by atoms with Crippen LogP contribution in [0.2, 0.25) is 0 Å². The van der Waals surface area contributed by atoms with E-state index in [-0.39, 0.29) is 10.5 Å². The third-order valence-corrected chi connectivity index (χ3v) is 5.58. The van der Waals surface area contributed by atoms with Crippen LogP contribution in [0.3, 0.4) is 0 Å². The fourth-order valence-corrected chi connectivity index (χ4v) is 4.79. The summed E-state index contributed by atoms with van der Waals surface area (Å²) in [5.41, 5.74) is 0. The minimum atomic E-state index is -0.255. The van der Waals surface area contributed by atoms with E-state index in [1.165, 1.54) is 17.7 Å². The van der Waals surface area contributed by atoms with Gasteiger partial charge in [-0.1, -0.05) is 32.0 Å². The molecule has 3 rings (SSSR count). The van der Waals surface area contributed by atoms with Gasteiger partial charge in [0.15, 0.2) is 5.79 Å². The van der Waals surface area contributed by atoms with Gasteiger partial charge in [-0.2, -0.15) is 0 Å². The summed E-state index contributed by atoms with van der Waals surface area (Å²) in [6, 6.07) is 10.7. The summed E-state index contributed by atoms with van der Waals surface area (Å²) >= 11 is 1.96. The lowest BCUT2D eigenvalue weighted by Crippen LogP contribution is -2.37. The molecule has 1 aromatic carbocycles. The predicted octanol–water partition coefficient (Wildman–Crippen LogP) is 4.49. The van der Waals surface area contributed by atoms with Gasteiger partial charge in [-0.25, -0.2) is 0 Å². The second-order valence-corrected chi connectivity index (χ2v) is 8.26. The van der Waals surface area contributed by atoms with Crippen molar-refractivity contribution in [2.75, 3.05) is 13.2 Å². The summed E-state index contributed by atoms with van der Waals surface area (Å²) in [5, 5.41) is 0. The minimum Gasteiger partial charge on any atom is -0.347 e. The molecule has 1 atom stereocenters. The van der Waals surface area contributed by atoms with Crippen molar-refractivity contribution in [3.05, 3.63) is 30.3 Å². The number of thioether (sulfide) groups is 1. The summed E-state index contributed by atoms with van der Waals surface area (Å²) in [4.78, 5) is 1.35. The van der Waals surface area contributed by atoms with Gasteiger partial charge in [-0.15, -0.1) is 11.8 Å². The lowest BCUT2D eigenvalue weighted by Gasteiger charge is -2.35. The molecule has 2 fully saturated rings. The molecular weight excluding hydrogens is 268 g/mol. The summed E-state index contributed by atoms with van der Waals surface area (Å²) < 4.78 is 12.2. The van der Waals surface area contributed by atoms with Crippen molar-refractivity contribution in [2.24, 2.45) is 5.92 Å². The van der Waals surface area contributed by atoms with E-state index in [4.69, 9.17) is 9.47 Å². The van der Waals surface area contributed by atoms with Gasteiger partial charge < -0.3 is 9.47 Å². The van der Waals surface area contributed by atoms with Crippen LogP contribution in [0.15, 0.2) is 35.2 Å². The molecule has 1 saturated heterocycles. The Morgan fingerprint density at radius 1 is 1.20 bits per heavy atom. The smallest absolute Gasteiger partial charge is 0.171 e. The van der Waals surface area contributed by atoms with Crippen molar-refractivity contribution in [3.63, 3.8) is 0 Å². The number of hydrogen-bond acceptors (Lipinski definition) is 3. The maximum atomic E-state index is 5.98. The number of benzene rings is 1. The molecule has 0 bridgehead atoms. The third kappa shape index (κ3) is 3.05. The Labute approximate surface area is 126 Å². The van der Waals surface area contributed by atoms with Gasteiger partial charge in [0, 0.05) is 22.0 Å². The molecule has 2 aliphatic rings. The Balaban J connectivity index is 1.66. The van der Waals surface area contributed by atoms with Gasteiger partial charge >= 0.3 is 0 Å². The molecule has 2 nitrogen and oxygen atoms in total. The van der Waals surface area contributed by atoms with E-state index in [0.717, 1.165) is 26.1 Å². The average molecular weight is 292 g/mol. The van der Waals surface area contributed by atoms with Crippen LogP contribution < -0.4 is 0 Å².